The molecule has 1 N–H and O–H groups in total. The molecule has 0 aliphatic carbocycles. The Hall–Kier alpha value is -1.42. The maximum atomic E-state index is 12.0. The van der Waals surface area contributed by atoms with Crippen molar-refractivity contribution in [2.75, 3.05) is 12.3 Å². The summed E-state index contributed by atoms with van der Waals surface area (Å²) in [5.41, 5.74) is 2.60. The number of rotatable bonds is 5. The van der Waals surface area contributed by atoms with E-state index in [2.05, 4.69) is 5.48 Å². The van der Waals surface area contributed by atoms with Gasteiger partial charge in [0, 0.05) is 6.54 Å². The Balaban J connectivity index is 2.64. The van der Waals surface area contributed by atoms with Gasteiger partial charge >= 0.3 is 0 Å². The van der Waals surface area contributed by atoms with Crippen LogP contribution in [0.3, 0.4) is 0 Å². The molecule has 0 radical (unpaired) electrons. The zero-order chi connectivity index (χ0) is 14.5. The number of hydrogen-bond donors (Lipinski definition) is 1. The van der Waals surface area contributed by atoms with Crippen LogP contribution in [0.4, 0.5) is 0 Å². The van der Waals surface area contributed by atoms with Crippen LogP contribution in [0.25, 0.3) is 0 Å². The molecule has 0 atom stereocenters. The predicted octanol–water partition coefficient (Wildman–Crippen LogP) is 1.65. The van der Waals surface area contributed by atoms with Gasteiger partial charge in [-0.15, -0.1) is 0 Å². The molecule has 0 fully saturated rings. The average molecular weight is 282 g/mol. The van der Waals surface area contributed by atoms with Crippen LogP contribution in [0.15, 0.2) is 29.2 Å². The van der Waals surface area contributed by atoms with Gasteiger partial charge in [0.1, 0.15) is 0 Å². The summed E-state index contributed by atoms with van der Waals surface area (Å²) in [6.07, 6.45) is 0. The van der Waals surface area contributed by atoms with Crippen LogP contribution in [0.5, 0.6) is 0 Å². The second-order valence-electron chi connectivity index (χ2n) is 5.07. The lowest BCUT2D eigenvalue weighted by atomic mass is 10.2. The monoisotopic (exact) mass is 282 g/mol. The largest absolute Gasteiger partial charge is 0.296 e. The summed E-state index contributed by atoms with van der Waals surface area (Å²) < 4.78 is 24.0. The van der Waals surface area contributed by atoms with Gasteiger partial charge in [-0.1, -0.05) is 6.07 Å². The summed E-state index contributed by atoms with van der Waals surface area (Å²) in [5.74, 6) is -0.0854. The lowest BCUT2D eigenvalue weighted by Gasteiger charge is -2.19. The average Bonchev–Trinajstić information content (AvgIpc) is 2.34. The minimum absolute atomic E-state index is 0.0854. The number of nitrogens with one attached hydrogen (secondary N) is 1. The minimum atomic E-state index is -3.40. The Morgan fingerprint density at radius 1 is 1.37 bits per heavy atom. The third kappa shape index (κ3) is 5.39. The third-order valence-corrected chi connectivity index (χ3v) is 3.89. The van der Waals surface area contributed by atoms with Crippen molar-refractivity contribution < 1.29 is 13.3 Å². The van der Waals surface area contributed by atoms with Crippen LogP contribution in [0, 0.1) is 11.3 Å². The van der Waals surface area contributed by atoms with Gasteiger partial charge in [-0.2, -0.15) is 5.26 Å². The smallest absolute Gasteiger partial charge is 0.179 e. The van der Waals surface area contributed by atoms with Crippen molar-refractivity contribution in [1.82, 2.24) is 5.48 Å². The quantitative estimate of drug-likeness (QED) is 0.656. The maximum Gasteiger partial charge on any atom is 0.179 e. The van der Waals surface area contributed by atoms with E-state index in [0.717, 1.165) is 0 Å². The number of hydrogen-bond acceptors (Lipinski definition) is 5. The fourth-order valence-corrected chi connectivity index (χ4v) is 2.50. The molecule has 0 amide bonds. The highest BCUT2D eigenvalue weighted by molar-refractivity contribution is 7.91. The van der Waals surface area contributed by atoms with E-state index in [1.54, 1.807) is 12.1 Å². The Morgan fingerprint density at radius 2 is 2.05 bits per heavy atom. The van der Waals surface area contributed by atoms with Crippen molar-refractivity contribution >= 4 is 9.84 Å². The molecule has 5 nitrogen and oxygen atoms in total. The fourth-order valence-electron chi connectivity index (χ4n) is 1.32. The highest BCUT2D eigenvalue weighted by Crippen LogP contribution is 2.12. The van der Waals surface area contributed by atoms with Crippen molar-refractivity contribution in [2.45, 2.75) is 31.3 Å². The molecule has 0 aliphatic heterocycles. The van der Waals surface area contributed by atoms with Gasteiger partial charge < -0.3 is 0 Å². The van der Waals surface area contributed by atoms with E-state index in [-0.39, 0.29) is 22.8 Å². The van der Waals surface area contributed by atoms with Crippen molar-refractivity contribution in [2.24, 2.45) is 0 Å². The summed E-state index contributed by atoms with van der Waals surface area (Å²) >= 11 is 0. The van der Waals surface area contributed by atoms with Gasteiger partial charge in [-0.25, -0.2) is 13.9 Å². The zero-order valence-corrected chi connectivity index (χ0v) is 12.1. The van der Waals surface area contributed by atoms with Gasteiger partial charge in [0.2, 0.25) is 0 Å². The normalized spacial score (nSPS) is 12.1. The second-order valence-corrected chi connectivity index (χ2v) is 7.18. The minimum Gasteiger partial charge on any atom is -0.296 e. The van der Waals surface area contributed by atoms with Crippen LogP contribution in [-0.2, 0) is 14.7 Å². The number of sulfone groups is 1. The third-order valence-electron chi connectivity index (χ3n) is 2.17. The molecule has 1 aromatic carbocycles. The molecular weight excluding hydrogens is 264 g/mol. The zero-order valence-electron chi connectivity index (χ0n) is 11.3. The molecule has 0 bridgehead atoms. The summed E-state index contributed by atoms with van der Waals surface area (Å²) in [5, 5.41) is 8.75. The first kappa shape index (κ1) is 15.6. The summed E-state index contributed by atoms with van der Waals surface area (Å²) in [6.45, 7) is 5.79. The molecule has 1 rings (SSSR count). The van der Waals surface area contributed by atoms with E-state index in [0.29, 0.717) is 5.56 Å². The molecular formula is C13H18N2O3S. The van der Waals surface area contributed by atoms with Crippen molar-refractivity contribution in [3.8, 4) is 6.07 Å². The first-order valence-corrected chi connectivity index (χ1v) is 7.54. The fraction of sp³-hybridized carbons (Fsp3) is 0.462. The molecule has 0 heterocycles. The molecule has 0 saturated heterocycles. The first-order chi connectivity index (χ1) is 8.74. The van der Waals surface area contributed by atoms with Gasteiger partial charge in [-0.05, 0) is 39.0 Å². The highest BCUT2D eigenvalue weighted by Gasteiger charge is 2.16. The predicted molar refractivity (Wildman–Crippen MR) is 72.1 cm³/mol. The van der Waals surface area contributed by atoms with Crippen LogP contribution >= 0.6 is 0 Å². The standard InChI is InChI=1S/C13H18N2O3S/c1-13(2,3)18-15-7-8-19(16,17)12-6-4-5-11(9-12)10-14/h4-6,9,15H,7-8H2,1-3H3. The van der Waals surface area contributed by atoms with Gasteiger partial charge in [0.05, 0.1) is 27.9 Å². The Bertz CT molecular complexity index is 568. The summed E-state index contributed by atoms with van der Waals surface area (Å²) in [4.78, 5) is 5.40. The van der Waals surface area contributed by atoms with E-state index >= 15 is 0 Å². The van der Waals surface area contributed by atoms with Crippen molar-refractivity contribution in [3.63, 3.8) is 0 Å². The molecule has 6 heteroatoms. The number of benzene rings is 1. The van der Waals surface area contributed by atoms with Gasteiger partial charge in [0.15, 0.2) is 9.84 Å². The molecule has 104 valence electrons. The Morgan fingerprint density at radius 3 is 2.63 bits per heavy atom. The van der Waals surface area contributed by atoms with Gasteiger partial charge in [0.25, 0.3) is 0 Å². The van der Waals surface area contributed by atoms with E-state index < -0.39 is 9.84 Å². The summed E-state index contributed by atoms with van der Waals surface area (Å²) in [7, 11) is -3.40. The molecule has 0 spiro atoms. The van der Waals surface area contributed by atoms with E-state index in [1.165, 1.54) is 12.1 Å². The molecule has 0 unspecified atom stereocenters. The van der Waals surface area contributed by atoms with Crippen LogP contribution in [0.1, 0.15) is 26.3 Å². The SMILES string of the molecule is CC(C)(C)ONCCS(=O)(=O)c1cccc(C#N)c1. The van der Waals surface area contributed by atoms with Crippen molar-refractivity contribution in [3.05, 3.63) is 29.8 Å². The van der Waals surface area contributed by atoms with Gasteiger partial charge in [-0.3, -0.25) is 4.84 Å². The molecule has 0 aromatic heterocycles. The second kappa shape index (κ2) is 6.15. The van der Waals surface area contributed by atoms with E-state index in [1.807, 2.05) is 26.8 Å². The summed E-state index contributed by atoms with van der Waals surface area (Å²) in [6, 6.07) is 7.91. The lowest BCUT2D eigenvalue weighted by molar-refractivity contribution is -0.0699. The van der Waals surface area contributed by atoms with Crippen LogP contribution in [-0.4, -0.2) is 26.3 Å². The number of hydroxylamine groups is 1. The Kier molecular flexibility index (Phi) is 5.06. The Labute approximate surface area is 114 Å². The van der Waals surface area contributed by atoms with E-state index in [4.69, 9.17) is 10.1 Å². The lowest BCUT2D eigenvalue weighted by Crippen LogP contribution is -2.32. The first-order valence-electron chi connectivity index (χ1n) is 5.88. The molecule has 0 saturated carbocycles. The van der Waals surface area contributed by atoms with E-state index in [9.17, 15) is 8.42 Å². The molecule has 19 heavy (non-hydrogen) atoms. The van der Waals surface area contributed by atoms with Crippen LogP contribution in [0.2, 0.25) is 0 Å². The maximum absolute atomic E-state index is 12.0. The topological polar surface area (TPSA) is 79.2 Å². The van der Waals surface area contributed by atoms with Crippen molar-refractivity contribution in [1.29, 1.82) is 5.26 Å². The number of nitriles is 1. The number of nitrogens with zero attached hydrogens (tertiary/aromatic N) is 1. The highest BCUT2D eigenvalue weighted by atomic mass is 32.2. The molecule has 1 aromatic rings. The molecule has 0 aliphatic rings. The van der Waals surface area contributed by atoms with Crippen LogP contribution < -0.4 is 5.48 Å².